The molecule has 1 heterocycles. The lowest BCUT2D eigenvalue weighted by Crippen LogP contribution is -2.36. The first kappa shape index (κ1) is 14.2. The first-order valence-corrected chi connectivity index (χ1v) is 7.20. The van der Waals surface area contributed by atoms with Crippen molar-refractivity contribution < 1.29 is 4.57 Å². The minimum Gasteiger partial charge on any atom is -0.202 e. The summed E-state index contributed by atoms with van der Waals surface area (Å²) in [7, 11) is 0. The number of aryl methyl sites for hydroxylation is 3. The van der Waals surface area contributed by atoms with E-state index in [1.165, 1.54) is 62.7 Å². The van der Waals surface area contributed by atoms with Crippen LogP contribution >= 0.6 is 0 Å². The van der Waals surface area contributed by atoms with E-state index in [0.717, 1.165) is 0 Å². The summed E-state index contributed by atoms with van der Waals surface area (Å²) in [4.78, 5) is 0. The molecule has 1 heteroatoms. The van der Waals surface area contributed by atoms with E-state index in [9.17, 15) is 0 Å². The van der Waals surface area contributed by atoms with Crippen LogP contribution < -0.4 is 4.57 Å². The minimum absolute atomic E-state index is 1.18. The summed E-state index contributed by atoms with van der Waals surface area (Å²) in [5.41, 5.74) is 2.74. The van der Waals surface area contributed by atoms with Crippen molar-refractivity contribution in [3.05, 3.63) is 29.6 Å². The van der Waals surface area contributed by atoms with E-state index >= 15 is 0 Å². The molecule has 0 N–H and O–H groups in total. The molecule has 0 aliphatic carbocycles. The maximum absolute atomic E-state index is 2.39. The van der Waals surface area contributed by atoms with Crippen LogP contribution in [0.25, 0.3) is 0 Å². The second-order valence-electron chi connectivity index (χ2n) is 5.16. The van der Waals surface area contributed by atoms with Gasteiger partial charge in [0, 0.05) is 25.0 Å². The summed E-state index contributed by atoms with van der Waals surface area (Å²) < 4.78 is 2.39. The first-order valence-electron chi connectivity index (χ1n) is 7.20. The highest BCUT2D eigenvalue weighted by Crippen LogP contribution is 2.07. The Morgan fingerprint density at radius 3 is 2.24 bits per heavy atom. The predicted molar refractivity (Wildman–Crippen MR) is 74.1 cm³/mol. The number of hydrogen-bond acceptors (Lipinski definition) is 0. The van der Waals surface area contributed by atoms with Gasteiger partial charge in [-0.25, -0.2) is 4.57 Å². The first-order chi connectivity index (χ1) is 8.24. The van der Waals surface area contributed by atoms with Gasteiger partial charge in [-0.15, -0.1) is 0 Å². The fraction of sp³-hybridized carbons (Fsp3) is 0.688. The quantitative estimate of drug-likeness (QED) is 0.465. The molecule has 0 aliphatic rings. The largest absolute Gasteiger partial charge is 0.202 e. The van der Waals surface area contributed by atoms with Gasteiger partial charge in [0.05, 0.1) is 0 Å². The van der Waals surface area contributed by atoms with Crippen LogP contribution in [0.1, 0.15) is 63.1 Å². The van der Waals surface area contributed by atoms with Crippen molar-refractivity contribution in [1.29, 1.82) is 0 Å². The molecule has 17 heavy (non-hydrogen) atoms. The van der Waals surface area contributed by atoms with E-state index < -0.39 is 0 Å². The normalized spacial score (nSPS) is 10.8. The Morgan fingerprint density at radius 2 is 1.53 bits per heavy atom. The SMILES string of the molecule is CCCCCCCCC[n+]1cc(C)ccc1C. The van der Waals surface area contributed by atoms with E-state index in [4.69, 9.17) is 0 Å². The van der Waals surface area contributed by atoms with Crippen LogP contribution in [0.3, 0.4) is 0 Å². The van der Waals surface area contributed by atoms with Gasteiger partial charge in [-0.3, -0.25) is 0 Å². The van der Waals surface area contributed by atoms with Crippen molar-refractivity contribution in [3.8, 4) is 0 Å². The molecule has 0 saturated heterocycles. The highest BCUT2D eigenvalue weighted by molar-refractivity contribution is 5.05. The molecule has 0 atom stereocenters. The lowest BCUT2D eigenvalue weighted by atomic mass is 10.1. The standard InChI is InChI=1S/C16H28N/c1-4-5-6-7-8-9-10-13-17-14-15(2)11-12-16(17)3/h11-12,14H,4-10,13H2,1-3H3/q+1. The van der Waals surface area contributed by atoms with Crippen LogP contribution in [0.5, 0.6) is 0 Å². The maximum atomic E-state index is 2.39. The average Bonchev–Trinajstić information content (AvgIpc) is 2.32. The van der Waals surface area contributed by atoms with Gasteiger partial charge < -0.3 is 0 Å². The van der Waals surface area contributed by atoms with E-state index in [2.05, 4.69) is 43.7 Å². The zero-order valence-electron chi connectivity index (χ0n) is 11.8. The predicted octanol–water partition coefficient (Wildman–Crippen LogP) is 4.34. The molecular formula is C16H28N+. The Morgan fingerprint density at radius 1 is 0.882 bits per heavy atom. The Balaban J connectivity index is 2.15. The molecule has 0 amide bonds. The van der Waals surface area contributed by atoms with Crippen molar-refractivity contribution in [2.24, 2.45) is 0 Å². The molecular weight excluding hydrogens is 206 g/mol. The molecule has 0 aliphatic heterocycles. The third-order valence-corrected chi connectivity index (χ3v) is 3.40. The van der Waals surface area contributed by atoms with E-state index in [0.29, 0.717) is 0 Å². The number of aromatic nitrogens is 1. The number of unbranched alkanes of at least 4 members (excludes halogenated alkanes) is 6. The zero-order chi connectivity index (χ0) is 12.5. The molecule has 0 unspecified atom stereocenters. The van der Waals surface area contributed by atoms with Crippen molar-refractivity contribution in [3.63, 3.8) is 0 Å². The van der Waals surface area contributed by atoms with Crippen molar-refractivity contribution in [1.82, 2.24) is 0 Å². The van der Waals surface area contributed by atoms with E-state index in [-0.39, 0.29) is 0 Å². The lowest BCUT2D eigenvalue weighted by Gasteiger charge is -2.02. The fourth-order valence-corrected chi connectivity index (χ4v) is 2.22. The summed E-state index contributed by atoms with van der Waals surface area (Å²) in [5.74, 6) is 0. The molecule has 0 fully saturated rings. The molecule has 0 bridgehead atoms. The second kappa shape index (κ2) is 8.27. The van der Waals surface area contributed by atoms with Gasteiger partial charge in [0.25, 0.3) is 0 Å². The number of hydrogen-bond donors (Lipinski definition) is 0. The van der Waals surface area contributed by atoms with E-state index in [1.54, 1.807) is 0 Å². The van der Waals surface area contributed by atoms with Gasteiger partial charge >= 0.3 is 0 Å². The topological polar surface area (TPSA) is 3.88 Å². The Kier molecular flexibility index (Phi) is 6.91. The van der Waals surface area contributed by atoms with Gasteiger partial charge in [-0.1, -0.05) is 39.0 Å². The molecule has 1 nitrogen and oxygen atoms in total. The molecule has 0 spiro atoms. The Labute approximate surface area is 107 Å². The molecule has 0 aromatic carbocycles. The summed E-state index contributed by atoms with van der Waals surface area (Å²) in [6.45, 7) is 7.82. The van der Waals surface area contributed by atoms with Gasteiger partial charge in [-0.2, -0.15) is 0 Å². The van der Waals surface area contributed by atoms with Gasteiger partial charge in [0.2, 0.25) is 0 Å². The maximum Gasteiger partial charge on any atom is 0.178 e. The summed E-state index contributed by atoms with van der Waals surface area (Å²) in [6.07, 6.45) is 12.0. The molecule has 96 valence electrons. The highest BCUT2D eigenvalue weighted by Gasteiger charge is 2.05. The number of nitrogens with zero attached hydrogens (tertiary/aromatic N) is 1. The smallest absolute Gasteiger partial charge is 0.178 e. The molecule has 0 saturated carbocycles. The summed E-state index contributed by atoms with van der Waals surface area (Å²) >= 11 is 0. The molecule has 1 aromatic rings. The Bertz CT molecular complexity index is 317. The Hall–Kier alpha value is -0.850. The molecule has 0 radical (unpaired) electrons. The lowest BCUT2D eigenvalue weighted by molar-refractivity contribution is -0.703. The fourth-order valence-electron chi connectivity index (χ4n) is 2.22. The monoisotopic (exact) mass is 234 g/mol. The number of rotatable bonds is 8. The summed E-state index contributed by atoms with van der Waals surface area (Å²) in [6, 6.07) is 4.41. The number of pyridine rings is 1. The second-order valence-corrected chi connectivity index (χ2v) is 5.16. The zero-order valence-corrected chi connectivity index (χ0v) is 11.8. The van der Waals surface area contributed by atoms with Crippen LogP contribution in [-0.2, 0) is 6.54 Å². The molecule has 1 rings (SSSR count). The highest BCUT2D eigenvalue weighted by atomic mass is 14.9. The van der Waals surface area contributed by atoms with Crippen LogP contribution in [-0.4, -0.2) is 0 Å². The minimum atomic E-state index is 1.18. The third-order valence-electron chi connectivity index (χ3n) is 3.40. The van der Waals surface area contributed by atoms with E-state index in [1.807, 2.05) is 0 Å². The van der Waals surface area contributed by atoms with Gasteiger partial charge in [-0.05, 0) is 19.4 Å². The van der Waals surface area contributed by atoms with Crippen LogP contribution in [0, 0.1) is 13.8 Å². The molecule has 1 aromatic heterocycles. The van der Waals surface area contributed by atoms with Gasteiger partial charge in [0.1, 0.15) is 6.54 Å². The van der Waals surface area contributed by atoms with Crippen LogP contribution in [0.15, 0.2) is 18.3 Å². The summed E-state index contributed by atoms with van der Waals surface area (Å²) in [5, 5.41) is 0. The van der Waals surface area contributed by atoms with Crippen molar-refractivity contribution in [2.45, 2.75) is 72.3 Å². The van der Waals surface area contributed by atoms with Crippen LogP contribution in [0.2, 0.25) is 0 Å². The van der Waals surface area contributed by atoms with Crippen molar-refractivity contribution >= 4 is 0 Å². The van der Waals surface area contributed by atoms with Gasteiger partial charge in [0.15, 0.2) is 11.9 Å². The van der Waals surface area contributed by atoms with Crippen molar-refractivity contribution in [2.75, 3.05) is 0 Å². The van der Waals surface area contributed by atoms with Crippen LogP contribution in [0.4, 0.5) is 0 Å². The average molecular weight is 234 g/mol. The third kappa shape index (κ3) is 5.86.